The number of hydrogen-bond donors (Lipinski definition) is 0. The second kappa shape index (κ2) is 12.4. The molecule has 2 aromatic heterocycles. The number of aryl methyl sites for hydroxylation is 2. The van der Waals surface area contributed by atoms with Crippen molar-refractivity contribution in [2.75, 3.05) is 32.7 Å². The van der Waals surface area contributed by atoms with Gasteiger partial charge in [0, 0.05) is 44.5 Å². The summed E-state index contributed by atoms with van der Waals surface area (Å²) >= 11 is 0. The normalized spacial score (nSPS) is 15.4. The fourth-order valence-electron chi connectivity index (χ4n) is 4.49. The summed E-state index contributed by atoms with van der Waals surface area (Å²) < 4.78 is 42.3. The van der Waals surface area contributed by atoms with Crippen molar-refractivity contribution in [1.82, 2.24) is 24.3 Å². The Balaban J connectivity index is 0.00000228. The predicted molar refractivity (Wildman–Crippen MR) is 144 cm³/mol. The lowest BCUT2D eigenvalue weighted by molar-refractivity contribution is -0.146. The van der Waals surface area contributed by atoms with Crippen LogP contribution in [0.3, 0.4) is 0 Å². The maximum Gasteiger partial charge on any atom is 0.449 e. The van der Waals surface area contributed by atoms with E-state index in [-0.39, 0.29) is 37.0 Å². The van der Waals surface area contributed by atoms with E-state index in [4.69, 9.17) is 0 Å². The van der Waals surface area contributed by atoms with Crippen molar-refractivity contribution in [2.24, 2.45) is 0 Å². The number of hydrogen-bond acceptors (Lipinski definition) is 4. The molecule has 0 spiro atoms. The van der Waals surface area contributed by atoms with Gasteiger partial charge in [0.1, 0.15) is 5.52 Å². The molecule has 0 bridgehead atoms. The smallest absolute Gasteiger partial charge is 0.301 e. The molecule has 1 saturated heterocycles. The van der Waals surface area contributed by atoms with Crippen LogP contribution in [0.1, 0.15) is 42.1 Å². The Kier molecular flexibility index (Phi) is 10.4. The molecule has 0 radical (unpaired) electrons. The third-order valence-corrected chi connectivity index (χ3v) is 6.41. The van der Waals surface area contributed by atoms with Gasteiger partial charge in [-0.25, -0.2) is 9.97 Å². The maximum absolute atomic E-state index is 13.7. The molecular formula is C26H34Cl2F3N5. The molecular weight excluding hydrogens is 510 g/mol. The molecule has 4 rings (SSSR count). The van der Waals surface area contributed by atoms with Crippen LogP contribution in [-0.4, -0.2) is 63.1 Å². The van der Waals surface area contributed by atoms with E-state index in [0.717, 1.165) is 43.9 Å². The highest BCUT2D eigenvalue weighted by Gasteiger charge is 2.38. The molecule has 0 N–H and O–H groups in total. The molecule has 0 atom stereocenters. The Morgan fingerprint density at radius 1 is 0.972 bits per heavy atom. The quantitative estimate of drug-likeness (QED) is 0.382. The van der Waals surface area contributed by atoms with Gasteiger partial charge in [-0.2, -0.15) is 13.2 Å². The zero-order valence-corrected chi connectivity index (χ0v) is 22.7. The average molecular weight is 544 g/mol. The molecule has 10 heteroatoms. The van der Waals surface area contributed by atoms with Crippen molar-refractivity contribution in [3.63, 3.8) is 0 Å². The van der Waals surface area contributed by atoms with Gasteiger partial charge in [0.05, 0.1) is 6.54 Å². The summed E-state index contributed by atoms with van der Waals surface area (Å²) in [6.45, 7) is 13.3. The number of pyridine rings is 1. The van der Waals surface area contributed by atoms with E-state index >= 15 is 0 Å². The summed E-state index contributed by atoms with van der Waals surface area (Å²) in [6, 6.07) is 9.97. The SMILES string of the molecule is Cc1cc(C)c2nc(C(F)(F)F)n(Cc3ccc(C=CCN4CCN(C(C)C)CC4)cc3)c2n1.Cl.Cl. The summed E-state index contributed by atoms with van der Waals surface area (Å²) in [5.41, 5.74) is 3.73. The van der Waals surface area contributed by atoms with Crippen LogP contribution in [0.2, 0.25) is 0 Å². The number of benzene rings is 1. The summed E-state index contributed by atoms with van der Waals surface area (Å²) in [7, 11) is 0. The Bertz CT molecular complexity index is 1170. The van der Waals surface area contributed by atoms with Crippen molar-refractivity contribution in [3.05, 3.63) is 64.6 Å². The van der Waals surface area contributed by atoms with E-state index < -0.39 is 12.0 Å². The summed E-state index contributed by atoms with van der Waals surface area (Å²) in [6.07, 6.45) is -0.328. The van der Waals surface area contributed by atoms with Gasteiger partial charge in [0.2, 0.25) is 5.82 Å². The molecule has 1 aromatic carbocycles. The van der Waals surface area contributed by atoms with Crippen molar-refractivity contribution >= 4 is 42.1 Å². The number of imidazole rings is 1. The summed E-state index contributed by atoms with van der Waals surface area (Å²) in [4.78, 5) is 13.2. The van der Waals surface area contributed by atoms with Crippen LogP contribution in [0.15, 0.2) is 36.4 Å². The minimum absolute atomic E-state index is 0. The molecule has 0 unspecified atom stereocenters. The number of piperazine rings is 1. The fourth-order valence-corrected chi connectivity index (χ4v) is 4.49. The number of halogens is 5. The zero-order chi connectivity index (χ0) is 24.5. The minimum Gasteiger partial charge on any atom is -0.301 e. The summed E-state index contributed by atoms with van der Waals surface area (Å²) in [5.74, 6) is -0.912. The first kappa shape index (κ1) is 30.1. The number of fused-ring (bicyclic) bond motifs is 1. The van der Waals surface area contributed by atoms with E-state index in [1.54, 1.807) is 19.9 Å². The van der Waals surface area contributed by atoms with Crippen LogP contribution >= 0.6 is 24.8 Å². The van der Waals surface area contributed by atoms with Crippen LogP contribution in [0.25, 0.3) is 17.2 Å². The highest BCUT2D eigenvalue weighted by molar-refractivity contribution is 5.85. The van der Waals surface area contributed by atoms with Gasteiger partial charge in [-0.3, -0.25) is 9.80 Å². The Morgan fingerprint density at radius 2 is 1.61 bits per heavy atom. The van der Waals surface area contributed by atoms with Gasteiger partial charge < -0.3 is 4.57 Å². The van der Waals surface area contributed by atoms with Crippen molar-refractivity contribution in [2.45, 2.75) is 46.5 Å². The Labute approximate surface area is 223 Å². The Hall–Kier alpha value is -2.13. The molecule has 3 heterocycles. The first-order valence-electron chi connectivity index (χ1n) is 11.8. The second-order valence-corrected chi connectivity index (χ2v) is 9.35. The van der Waals surface area contributed by atoms with Gasteiger partial charge in [-0.1, -0.05) is 36.4 Å². The topological polar surface area (TPSA) is 37.2 Å². The van der Waals surface area contributed by atoms with Crippen molar-refractivity contribution < 1.29 is 13.2 Å². The largest absolute Gasteiger partial charge is 0.449 e. The highest BCUT2D eigenvalue weighted by atomic mass is 35.5. The number of nitrogens with zero attached hydrogens (tertiary/aromatic N) is 5. The third kappa shape index (κ3) is 7.00. The van der Waals surface area contributed by atoms with Crippen molar-refractivity contribution in [1.29, 1.82) is 0 Å². The van der Waals surface area contributed by atoms with E-state index in [0.29, 0.717) is 22.8 Å². The van der Waals surface area contributed by atoms with Crippen LogP contribution in [0.5, 0.6) is 0 Å². The van der Waals surface area contributed by atoms with Crippen LogP contribution in [0.4, 0.5) is 13.2 Å². The molecule has 0 saturated carbocycles. The van der Waals surface area contributed by atoms with Gasteiger partial charge in [0.25, 0.3) is 0 Å². The monoisotopic (exact) mass is 543 g/mol. The molecule has 36 heavy (non-hydrogen) atoms. The van der Waals surface area contributed by atoms with Gasteiger partial charge in [-0.15, -0.1) is 24.8 Å². The molecule has 5 nitrogen and oxygen atoms in total. The Morgan fingerprint density at radius 3 is 2.19 bits per heavy atom. The van der Waals surface area contributed by atoms with Crippen LogP contribution in [0, 0.1) is 13.8 Å². The number of alkyl halides is 3. The van der Waals surface area contributed by atoms with E-state index in [1.807, 2.05) is 24.3 Å². The molecule has 0 amide bonds. The van der Waals surface area contributed by atoms with Crippen LogP contribution < -0.4 is 0 Å². The number of aromatic nitrogens is 3. The van der Waals surface area contributed by atoms with Crippen molar-refractivity contribution in [3.8, 4) is 0 Å². The first-order chi connectivity index (χ1) is 16.1. The number of rotatable bonds is 6. The fraction of sp³-hybridized carbons (Fsp3) is 0.462. The second-order valence-electron chi connectivity index (χ2n) is 9.35. The molecule has 1 aliphatic rings. The first-order valence-corrected chi connectivity index (χ1v) is 11.8. The lowest BCUT2D eigenvalue weighted by atomic mass is 10.1. The summed E-state index contributed by atoms with van der Waals surface area (Å²) in [5, 5.41) is 0. The predicted octanol–water partition coefficient (Wildman–Crippen LogP) is 6.00. The molecule has 0 aliphatic carbocycles. The van der Waals surface area contributed by atoms with Gasteiger partial charge in [-0.05, 0) is 50.5 Å². The van der Waals surface area contributed by atoms with Crippen LogP contribution in [-0.2, 0) is 12.7 Å². The van der Waals surface area contributed by atoms with E-state index in [2.05, 4.69) is 45.8 Å². The molecule has 3 aromatic rings. The van der Waals surface area contributed by atoms with Gasteiger partial charge >= 0.3 is 6.18 Å². The lowest BCUT2D eigenvalue weighted by Crippen LogP contribution is -2.48. The lowest BCUT2D eigenvalue weighted by Gasteiger charge is -2.36. The zero-order valence-electron chi connectivity index (χ0n) is 21.0. The highest BCUT2D eigenvalue weighted by Crippen LogP contribution is 2.32. The minimum atomic E-state index is -4.55. The molecule has 1 aliphatic heterocycles. The third-order valence-electron chi connectivity index (χ3n) is 6.41. The molecule has 1 fully saturated rings. The van der Waals surface area contributed by atoms with Gasteiger partial charge in [0.15, 0.2) is 5.65 Å². The molecule has 198 valence electrons. The standard InChI is InChI=1S/C26H32F3N5.2ClH/c1-18(2)33-14-12-32(13-15-33)11-5-6-21-7-9-22(10-8-21)17-34-24-23(19(3)16-20(4)30-24)31-25(34)26(27,28)29;;/h5-10,16,18H,11-15,17H2,1-4H3;2*1H. The maximum atomic E-state index is 13.7. The van der Waals surface area contributed by atoms with E-state index in [1.165, 1.54) is 4.57 Å². The van der Waals surface area contributed by atoms with E-state index in [9.17, 15) is 13.2 Å². The average Bonchev–Trinajstić information content (AvgIpc) is 3.14.